The van der Waals surface area contributed by atoms with Crippen LogP contribution >= 0.6 is 0 Å². The van der Waals surface area contributed by atoms with E-state index < -0.39 is 0 Å². The van der Waals surface area contributed by atoms with E-state index in [1.165, 1.54) is 16.9 Å². The van der Waals surface area contributed by atoms with Gasteiger partial charge in [-0.25, -0.2) is 0 Å². The number of rotatable bonds is 1. The summed E-state index contributed by atoms with van der Waals surface area (Å²) in [6.07, 6.45) is 1.60. The first kappa shape index (κ1) is 7.72. The van der Waals surface area contributed by atoms with Crippen LogP contribution in [0, 0.1) is 0 Å². The van der Waals surface area contributed by atoms with Crippen LogP contribution in [0.15, 0.2) is 18.3 Å². The van der Waals surface area contributed by atoms with Crippen molar-refractivity contribution in [1.82, 2.24) is 9.89 Å². The van der Waals surface area contributed by atoms with Gasteiger partial charge in [0.25, 0.3) is 0 Å². The normalized spacial score (nSPS) is 10.5. The summed E-state index contributed by atoms with van der Waals surface area (Å²) < 4.78 is 0. The summed E-state index contributed by atoms with van der Waals surface area (Å²) in [5, 5.41) is 23.2. The van der Waals surface area contributed by atoms with E-state index in [4.69, 9.17) is 0 Å². The Labute approximate surface area is 74.2 Å². The van der Waals surface area contributed by atoms with Gasteiger partial charge >= 0.3 is 0 Å². The summed E-state index contributed by atoms with van der Waals surface area (Å²) in [5.74, 6) is -0.285. The van der Waals surface area contributed by atoms with Gasteiger partial charge in [-0.2, -0.15) is 9.89 Å². The van der Waals surface area contributed by atoms with Gasteiger partial charge in [0, 0.05) is 18.5 Å². The summed E-state index contributed by atoms with van der Waals surface area (Å²) >= 11 is 0. The molecule has 0 unspecified atom stereocenters. The second-order valence-electron chi connectivity index (χ2n) is 2.68. The molecule has 0 fully saturated rings. The van der Waals surface area contributed by atoms with E-state index in [-0.39, 0.29) is 11.5 Å². The SMILES string of the molecule is CNn1ncc2cc(O)c(O)cc21. The average Bonchev–Trinajstić information content (AvgIpc) is 2.48. The maximum atomic E-state index is 9.24. The van der Waals surface area contributed by atoms with Crippen LogP contribution in [0.3, 0.4) is 0 Å². The number of aromatic hydroxyl groups is 2. The number of fused-ring (bicyclic) bond motifs is 1. The standard InChI is InChI=1S/C8H9N3O2/c1-9-11-6-3-8(13)7(12)2-5(6)4-10-11/h2-4,9,12-13H,1H3. The first-order chi connectivity index (χ1) is 6.22. The van der Waals surface area contributed by atoms with Gasteiger partial charge in [0.05, 0.1) is 11.7 Å². The third-order valence-corrected chi connectivity index (χ3v) is 1.88. The Balaban J connectivity index is 2.77. The molecule has 1 aromatic carbocycles. The fraction of sp³-hybridized carbons (Fsp3) is 0.125. The lowest BCUT2D eigenvalue weighted by atomic mass is 10.2. The van der Waals surface area contributed by atoms with Gasteiger partial charge in [-0.3, -0.25) is 0 Å². The summed E-state index contributed by atoms with van der Waals surface area (Å²) in [6, 6.07) is 2.92. The first-order valence-electron chi connectivity index (χ1n) is 3.80. The lowest BCUT2D eigenvalue weighted by molar-refractivity contribution is 0.404. The second kappa shape index (κ2) is 2.55. The Morgan fingerprint density at radius 3 is 2.69 bits per heavy atom. The molecular weight excluding hydrogens is 170 g/mol. The molecular formula is C8H9N3O2. The highest BCUT2D eigenvalue weighted by atomic mass is 16.3. The van der Waals surface area contributed by atoms with Crippen LogP contribution in [0.4, 0.5) is 0 Å². The van der Waals surface area contributed by atoms with Crippen LogP contribution in [0.1, 0.15) is 0 Å². The van der Waals surface area contributed by atoms with Gasteiger partial charge in [-0.15, -0.1) is 0 Å². The predicted octanol–water partition coefficient (Wildman–Crippen LogP) is 0.621. The van der Waals surface area contributed by atoms with Gasteiger partial charge < -0.3 is 15.6 Å². The highest BCUT2D eigenvalue weighted by molar-refractivity contribution is 5.82. The topological polar surface area (TPSA) is 70.3 Å². The Hall–Kier alpha value is -1.91. The minimum absolute atomic E-state index is 0.136. The molecule has 0 atom stereocenters. The van der Waals surface area contributed by atoms with Crippen LogP contribution in [-0.2, 0) is 0 Å². The monoisotopic (exact) mass is 179 g/mol. The number of phenols is 2. The van der Waals surface area contributed by atoms with Gasteiger partial charge in [-0.05, 0) is 6.07 Å². The molecule has 0 aliphatic heterocycles. The summed E-state index contributed by atoms with van der Waals surface area (Å²) in [7, 11) is 1.72. The van der Waals surface area contributed by atoms with Crippen molar-refractivity contribution in [2.45, 2.75) is 0 Å². The Kier molecular flexibility index (Phi) is 1.51. The highest BCUT2D eigenvalue weighted by Gasteiger charge is 2.06. The molecule has 0 radical (unpaired) electrons. The van der Waals surface area contributed by atoms with E-state index in [1.807, 2.05) is 0 Å². The Bertz CT molecular complexity index is 450. The van der Waals surface area contributed by atoms with Crippen molar-refractivity contribution < 1.29 is 10.2 Å². The van der Waals surface area contributed by atoms with E-state index in [0.29, 0.717) is 0 Å². The molecule has 0 bridgehead atoms. The van der Waals surface area contributed by atoms with E-state index >= 15 is 0 Å². The van der Waals surface area contributed by atoms with Crippen LogP contribution in [0.5, 0.6) is 11.5 Å². The van der Waals surface area contributed by atoms with Crippen molar-refractivity contribution in [2.24, 2.45) is 0 Å². The van der Waals surface area contributed by atoms with Gasteiger partial charge in [0.15, 0.2) is 11.5 Å². The minimum Gasteiger partial charge on any atom is -0.504 e. The van der Waals surface area contributed by atoms with Crippen LogP contribution in [0.2, 0.25) is 0 Å². The van der Waals surface area contributed by atoms with Crippen molar-refractivity contribution in [3.05, 3.63) is 18.3 Å². The smallest absolute Gasteiger partial charge is 0.159 e. The van der Waals surface area contributed by atoms with Crippen LogP contribution in [0.25, 0.3) is 10.9 Å². The van der Waals surface area contributed by atoms with Crippen molar-refractivity contribution in [3.8, 4) is 11.5 Å². The lowest BCUT2D eigenvalue weighted by Crippen LogP contribution is -2.09. The summed E-state index contributed by atoms with van der Waals surface area (Å²) in [6.45, 7) is 0. The maximum absolute atomic E-state index is 9.24. The molecule has 1 aromatic heterocycles. The number of hydrogen-bond acceptors (Lipinski definition) is 4. The zero-order valence-corrected chi connectivity index (χ0v) is 7.02. The fourth-order valence-corrected chi connectivity index (χ4v) is 1.23. The number of nitrogens with zero attached hydrogens (tertiary/aromatic N) is 2. The zero-order valence-electron chi connectivity index (χ0n) is 7.02. The predicted molar refractivity (Wildman–Crippen MR) is 48.3 cm³/mol. The second-order valence-corrected chi connectivity index (χ2v) is 2.68. The van der Waals surface area contributed by atoms with Crippen molar-refractivity contribution >= 4 is 10.9 Å². The Morgan fingerprint density at radius 1 is 1.31 bits per heavy atom. The molecule has 68 valence electrons. The zero-order chi connectivity index (χ0) is 9.42. The third-order valence-electron chi connectivity index (χ3n) is 1.88. The third kappa shape index (κ3) is 1.05. The highest BCUT2D eigenvalue weighted by Crippen LogP contribution is 2.29. The molecule has 0 amide bonds. The molecule has 3 N–H and O–H groups in total. The summed E-state index contributed by atoms with van der Waals surface area (Å²) in [4.78, 5) is 1.51. The fourth-order valence-electron chi connectivity index (χ4n) is 1.23. The molecule has 5 nitrogen and oxygen atoms in total. The van der Waals surface area contributed by atoms with Gasteiger partial charge in [-0.1, -0.05) is 0 Å². The molecule has 5 heteroatoms. The number of phenolic OH excluding ortho intramolecular Hbond substituents is 2. The number of hydrogen-bond donors (Lipinski definition) is 3. The molecule has 0 aliphatic carbocycles. The maximum Gasteiger partial charge on any atom is 0.159 e. The minimum atomic E-state index is -0.149. The Morgan fingerprint density at radius 2 is 2.00 bits per heavy atom. The molecule has 1 heterocycles. The van der Waals surface area contributed by atoms with E-state index in [1.54, 1.807) is 13.2 Å². The number of nitrogens with one attached hydrogen (secondary N) is 1. The molecule has 2 rings (SSSR count). The van der Waals surface area contributed by atoms with Gasteiger partial charge in [0.1, 0.15) is 0 Å². The van der Waals surface area contributed by atoms with E-state index in [0.717, 1.165) is 10.9 Å². The van der Waals surface area contributed by atoms with Crippen molar-refractivity contribution in [3.63, 3.8) is 0 Å². The molecule has 0 saturated heterocycles. The molecule has 0 spiro atoms. The molecule has 13 heavy (non-hydrogen) atoms. The average molecular weight is 179 g/mol. The van der Waals surface area contributed by atoms with E-state index in [2.05, 4.69) is 10.5 Å². The molecule has 0 aliphatic rings. The number of benzene rings is 1. The van der Waals surface area contributed by atoms with Crippen molar-refractivity contribution in [1.29, 1.82) is 0 Å². The van der Waals surface area contributed by atoms with Crippen molar-refractivity contribution in [2.75, 3.05) is 12.5 Å². The lowest BCUT2D eigenvalue weighted by Gasteiger charge is -2.01. The molecule has 2 aromatic rings. The number of aromatic nitrogens is 2. The quantitative estimate of drug-likeness (QED) is 0.561. The summed E-state index contributed by atoms with van der Waals surface area (Å²) in [5.41, 5.74) is 3.53. The largest absolute Gasteiger partial charge is 0.504 e. The molecule has 0 saturated carbocycles. The van der Waals surface area contributed by atoms with Gasteiger partial charge in [0.2, 0.25) is 0 Å². The van der Waals surface area contributed by atoms with E-state index in [9.17, 15) is 10.2 Å². The van der Waals surface area contributed by atoms with Crippen LogP contribution < -0.4 is 5.43 Å². The first-order valence-corrected chi connectivity index (χ1v) is 3.80. The van der Waals surface area contributed by atoms with Crippen LogP contribution in [-0.4, -0.2) is 27.2 Å².